The molecule has 4 heteroatoms. The number of hydrogen-bond acceptors (Lipinski definition) is 4. The first-order valence-corrected chi connectivity index (χ1v) is 6.98. The summed E-state index contributed by atoms with van der Waals surface area (Å²) in [5.74, 6) is 0.773. The number of carbonyl (C=O) groups is 1. The SMILES string of the molecule is C=C(C(=O)OCC)C(O)c1ccc(Oc2ccccc2)cc1. The largest absolute Gasteiger partial charge is 0.463 e. The number of aliphatic hydroxyl groups is 1. The summed E-state index contributed by atoms with van der Waals surface area (Å²) in [4.78, 5) is 11.6. The number of para-hydroxylation sites is 1. The van der Waals surface area contributed by atoms with E-state index < -0.39 is 12.1 Å². The Balaban J connectivity index is 2.05. The van der Waals surface area contributed by atoms with Crippen LogP contribution in [0.1, 0.15) is 18.6 Å². The average molecular weight is 298 g/mol. The molecule has 0 spiro atoms. The highest BCUT2D eigenvalue weighted by molar-refractivity contribution is 5.89. The van der Waals surface area contributed by atoms with Gasteiger partial charge in [0.25, 0.3) is 0 Å². The summed E-state index contributed by atoms with van der Waals surface area (Å²) in [5.41, 5.74) is 0.567. The molecule has 0 fully saturated rings. The number of rotatable bonds is 6. The minimum absolute atomic E-state index is 0.0126. The van der Waals surface area contributed by atoms with E-state index in [1.165, 1.54) is 0 Å². The minimum atomic E-state index is -1.09. The third kappa shape index (κ3) is 3.96. The van der Waals surface area contributed by atoms with Gasteiger partial charge in [-0.15, -0.1) is 0 Å². The molecule has 2 aromatic rings. The first-order valence-electron chi connectivity index (χ1n) is 6.98. The maximum atomic E-state index is 11.6. The van der Waals surface area contributed by atoms with Crippen LogP contribution in [0.4, 0.5) is 0 Å². The Kier molecular flexibility index (Phi) is 5.33. The van der Waals surface area contributed by atoms with Crippen molar-refractivity contribution in [1.29, 1.82) is 0 Å². The lowest BCUT2D eigenvalue weighted by Crippen LogP contribution is -2.13. The molecular weight excluding hydrogens is 280 g/mol. The zero-order chi connectivity index (χ0) is 15.9. The molecule has 4 nitrogen and oxygen atoms in total. The van der Waals surface area contributed by atoms with Gasteiger partial charge in [-0.05, 0) is 36.8 Å². The molecule has 1 N–H and O–H groups in total. The van der Waals surface area contributed by atoms with Crippen molar-refractivity contribution < 1.29 is 19.4 Å². The fraction of sp³-hybridized carbons (Fsp3) is 0.167. The zero-order valence-corrected chi connectivity index (χ0v) is 12.4. The molecule has 0 saturated heterocycles. The van der Waals surface area contributed by atoms with Crippen LogP contribution in [0.5, 0.6) is 11.5 Å². The van der Waals surface area contributed by atoms with Crippen LogP contribution >= 0.6 is 0 Å². The van der Waals surface area contributed by atoms with E-state index in [2.05, 4.69) is 6.58 Å². The molecule has 2 rings (SSSR count). The molecule has 0 heterocycles. The van der Waals surface area contributed by atoms with Gasteiger partial charge in [0.15, 0.2) is 0 Å². The van der Waals surface area contributed by atoms with Crippen molar-refractivity contribution in [2.75, 3.05) is 6.61 Å². The van der Waals surface area contributed by atoms with E-state index in [0.29, 0.717) is 11.3 Å². The molecule has 0 bridgehead atoms. The van der Waals surface area contributed by atoms with Crippen LogP contribution in [-0.4, -0.2) is 17.7 Å². The molecule has 22 heavy (non-hydrogen) atoms. The van der Waals surface area contributed by atoms with Gasteiger partial charge in [-0.2, -0.15) is 0 Å². The summed E-state index contributed by atoms with van der Waals surface area (Å²) in [6.45, 7) is 5.53. The van der Waals surface area contributed by atoms with Crippen molar-refractivity contribution >= 4 is 5.97 Å². The van der Waals surface area contributed by atoms with Gasteiger partial charge in [-0.3, -0.25) is 0 Å². The summed E-state index contributed by atoms with van der Waals surface area (Å²) in [6, 6.07) is 16.2. The second kappa shape index (κ2) is 7.43. The van der Waals surface area contributed by atoms with Gasteiger partial charge >= 0.3 is 5.97 Å². The highest BCUT2D eigenvalue weighted by Gasteiger charge is 2.19. The van der Waals surface area contributed by atoms with E-state index in [9.17, 15) is 9.90 Å². The Morgan fingerprint density at radius 2 is 1.68 bits per heavy atom. The van der Waals surface area contributed by atoms with Gasteiger partial charge in [0.05, 0.1) is 12.2 Å². The second-order valence-electron chi connectivity index (χ2n) is 4.63. The topological polar surface area (TPSA) is 55.8 Å². The number of hydrogen-bond donors (Lipinski definition) is 1. The molecule has 114 valence electrons. The molecule has 1 unspecified atom stereocenters. The number of aliphatic hydroxyl groups excluding tert-OH is 1. The third-order valence-electron chi connectivity index (χ3n) is 3.04. The van der Waals surface area contributed by atoms with Crippen molar-refractivity contribution in [3.8, 4) is 11.5 Å². The van der Waals surface area contributed by atoms with Crippen molar-refractivity contribution in [3.63, 3.8) is 0 Å². The quantitative estimate of drug-likeness (QED) is 0.653. The molecule has 0 aliphatic rings. The van der Waals surface area contributed by atoms with E-state index in [0.717, 1.165) is 5.75 Å². The summed E-state index contributed by atoms with van der Waals surface area (Å²) < 4.78 is 10.5. The van der Waals surface area contributed by atoms with Crippen LogP contribution in [0.2, 0.25) is 0 Å². The normalized spacial score (nSPS) is 11.5. The molecule has 0 aliphatic heterocycles. The molecule has 0 aliphatic carbocycles. The predicted molar refractivity (Wildman–Crippen MR) is 83.7 cm³/mol. The maximum absolute atomic E-state index is 11.6. The Morgan fingerprint density at radius 1 is 1.09 bits per heavy atom. The zero-order valence-electron chi connectivity index (χ0n) is 12.4. The van der Waals surface area contributed by atoms with Crippen LogP contribution < -0.4 is 4.74 Å². The van der Waals surface area contributed by atoms with Gasteiger partial charge in [-0.1, -0.05) is 36.9 Å². The van der Waals surface area contributed by atoms with Gasteiger partial charge < -0.3 is 14.6 Å². The van der Waals surface area contributed by atoms with Crippen molar-refractivity contribution in [3.05, 3.63) is 72.3 Å². The van der Waals surface area contributed by atoms with Gasteiger partial charge in [0.1, 0.15) is 17.6 Å². The van der Waals surface area contributed by atoms with E-state index in [1.807, 2.05) is 30.3 Å². The average Bonchev–Trinajstić information content (AvgIpc) is 2.55. The second-order valence-corrected chi connectivity index (χ2v) is 4.63. The van der Waals surface area contributed by atoms with E-state index >= 15 is 0 Å². The third-order valence-corrected chi connectivity index (χ3v) is 3.04. The fourth-order valence-corrected chi connectivity index (χ4v) is 1.88. The van der Waals surface area contributed by atoms with Gasteiger partial charge in [0.2, 0.25) is 0 Å². The monoisotopic (exact) mass is 298 g/mol. The number of ether oxygens (including phenoxy) is 2. The Morgan fingerprint density at radius 3 is 2.27 bits per heavy atom. The van der Waals surface area contributed by atoms with Crippen molar-refractivity contribution in [2.45, 2.75) is 13.0 Å². The van der Waals surface area contributed by atoms with Crippen molar-refractivity contribution in [1.82, 2.24) is 0 Å². The Hall–Kier alpha value is -2.59. The molecule has 0 amide bonds. The van der Waals surface area contributed by atoms with Crippen molar-refractivity contribution in [2.24, 2.45) is 0 Å². The van der Waals surface area contributed by atoms with E-state index in [1.54, 1.807) is 31.2 Å². The van der Waals surface area contributed by atoms with Crippen LogP contribution in [-0.2, 0) is 9.53 Å². The number of esters is 1. The first kappa shape index (κ1) is 15.8. The van der Waals surface area contributed by atoms with Crippen LogP contribution in [0.15, 0.2) is 66.7 Å². The molecule has 1 atom stereocenters. The first-order chi connectivity index (χ1) is 10.6. The highest BCUT2D eigenvalue weighted by atomic mass is 16.5. The maximum Gasteiger partial charge on any atom is 0.336 e. The minimum Gasteiger partial charge on any atom is -0.463 e. The van der Waals surface area contributed by atoms with Crippen LogP contribution in [0.3, 0.4) is 0 Å². The molecule has 0 aromatic heterocycles. The summed E-state index contributed by atoms with van der Waals surface area (Å²) in [7, 11) is 0. The molecular formula is C18H18O4. The Labute approximate surface area is 129 Å². The molecule has 0 radical (unpaired) electrons. The predicted octanol–water partition coefficient (Wildman–Crippen LogP) is 3.63. The van der Waals surface area contributed by atoms with Crippen LogP contribution in [0.25, 0.3) is 0 Å². The van der Waals surface area contributed by atoms with Crippen LogP contribution in [0, 0.1) is 0 Å². The summed E-state index contributed by atoms with van der Waals surface area (Å²) in [6.07, 6.45) is -1.09. The van der Waals surface area contributed by atoms with E-state index in [4.69, 9.17) is 9.47 Å². The fourth-order valence-electron chi connectivity index (χ4n) is 1.88. The molecule has 2 aromatic carbocycles. The smallest absolute Gasteiger partial charge is 0.336 e. The highest BCUT2D eigenvalue weighted by Crippen LogP contribution is 2.26. The lowest BCUT2D eigenvalue weighted by molar-refractivity contribution is -0.139. The van der Waals surface area contributed by atoms with Gasteiger partial charge in [-0.25, -0.2) is 4.79 Å². The number of benzene rings is 2. The lowest BCUT2D eigenvalue weighted by Gasteiger charge is -2.13. The number of carbonyl (C=O) groups excluding carboxylic acids is 1. The standard InChI is InChI=1S/C18H18O4/c1-3-21-18(20)13(2)17(19)14-9-11-16(12-10-14)22-15-7-5-4-6-8-15/h4-12,17,19H,2-3H2,1H3. The Bertz CT molecular complexity index is 632. The molecule has 0 saturated carbocycles. The van der Waals surface area contributed by atoms with Gasteiger partial charge in [0, 0.05) is 0 Å². The summed E-state index contributed by atoms with van der Waals surface area (Å²) in [5, 5.41) is 10.1. The summed E-state index contributed by atoms with van der Waals surface area (Å²) >= 11 is 0. The lowest BCUT2D eigenvalue weighted by atomic mass is 10.0. The van der Waals surface area contributed by atoms with E-state index in [-0.39, 0.29) is 12.2 Å².